The van der Waals surface area contributed by atoms with E-state index < -0.39 is 17.2 Å². The number of hydrogen-bond donors (Lipinski definition) is 1. The second-order valence-corrected chi connectivity index (χ2v) is 5.22. The standard InChI is InChI=1S/C12H15ClF3N/c1-11(2,7-17)6-8-9(12(14,15)16)4-3-5-10(8)13/h3-5H,6-7,17H2,1-2H3. The number of alkyl halides is 3. The van der Waals surface area contributed by atoms with E-state index in [0.29, 0.717) is 6.54 Å². The van der Waals surface area contributed by atoms with Gasteiger partial charge < -0.3 is 5.73 Å². The van der Waals surface area contributed by atoms with Crippen molar-refractivity contribution in [3.05, 3.63) is 34.3 Å². The monoisotopic (exact) mass is 265 g/mol. The summed E-state index contributed by atoms with van der Waals surface area (Å²) in [7, 11) is 0. The van der Waals surface area contributed by atoms with Crippen molar-refractivity contribution in [1.82, 2.24) is 0 Å². The van der Waals surface area contributed by atoms with E-state index in [1.54, 1.807) is 0 Å². The van der Waals surface area contributed by atoms with Gasteiger partial charge in [0.05, 0.1) is 5.56 Å². The molecule has 96 valence electrons. The highest BCUT2D eigenvalue weighted by molar-refractivity contribution is 6.31. The van der Waals surface area contributed by atoms with Crippen molar-refractivity contribution >= 4 is 11.6 Å². The summed E-state index contributed by atoms with van der Waals surface area (Å²) in [5, 5.41) is 0.140. The third-order valence-corrected chi connectivity index (χ3v) is 2.99. The molecule has 0 saturated heterocycles. The van der Waals surface area contributed by atoms with Gasteiger partial charge in [-0.3, -0.25) is 0 Å². The molecule has 0 fully saturated rings. The number of halogens is 4. The van der Waals surface area contributed by atoms with Crippen LogP contribution in [0.4, 0.5) is 13.2 Å². The molecule has 0 saturated carbocycles. The fraction of sp³-hybridized carbons (Fsp3) is 0.500. The summed E-state index contributed by atoms with van der Waals surface area (Å²) in [5.74, 6) is 0. The van der Waals surface area contributed by atoms with Crippen LogP contribution in [0.3, 0.4) is 0 Å². The zero-order valence-corrected chi connectivity index (χ0v) is 10.5. The molecule has 0 amide bonds. The molecule has 0 radical (unpaired) electrons. The lowest BCUT2D eigenvalue weighted by atomic mass is 9.84. The predicted octanol–water partition coefficient (Wildman–Crippen LogP) is 3.89. The lowest BCUT2D eigenvalue weighted by Crippen LogP contribution is -2.27. The summed E-state index contributed by atoms with van der Waals surface area (Å²) >= 11 is 5.86. The van der Waals surface area contributed by atoms with E-state index in [1.165, 1.54) is 12.1 Å². The van der Waals surface area contributed by atoms with E-state index in [4.69, 9.17) is 17.3 Å². The Morgan fingerprint density at radius 3 is 2.29 bits per heavy atom. The van der Waals surface area contributed by atoms with Crippen LogP contribution in [0.25, 0.3) is 0 Å². The average molecular weight is 266 g/mol. The minimum absolute atomic E-state index is 0.122. The smallest absolute Gasteiger partial charge is 0.330 e. The van der Waals surface area contributed by atoms with E-state index in [0.717, 1.165) is 6.07 Å². The van der Waals surface area contributed by atoms with Crippen LogP contribution < -0.4 is 5.73 Å². The van der Waals surface area contributed by atoms with E-state index in [1.807, 2.05) is 13.8 Å². The van der Waals surface area contributed by atoms with Gasteiger partial charge in [-0.25, -0.2) is 0 Å². The lowest BCUT2D eigenvalue weighted by Gasteiger charge is -2.25. The molecule has 0 spiro atoms. The Hall–Kier alpha value is -0.740. The molecule has 0 aliphatic rings. The van der Waals surface area contributed by atoms with Gasteiger partial charge in [0, 0.05) is 5.02 Å². The van der Waals surface area contributed by atoms with Gasteiger partial charge in [0.2, 0.25) is 0 Å². The summed E-state index contributed by atoms with van der Waals surface area (Å²) in [6.07, 6.45) is -4.18. The molecule has 1 nitrogen and oxygen atoms in total. The van der Waals surface area contributed by atoms with Gasteiger partial charge in [0.1, 0.15) is 0 Å². The van der Waals surface area contributed by atoms with Crippen molar-refractivity contribution < 1.29 is 13.2 Å². The molecule has 0 aliphatic carbocycles. The third-order valence-electron chi connectivity index (χ3n) is 2.63. The van der Waals surface area contributed by atoms with Crippen LogP contribution in [-0.4, -0.2) is 6.54 Å². The largest absolute Gasteiger partial charge is 0.416 e. The van der Waals surface area contributed by atoms with Crippen molar-refractivity contribution in [2.75, 3.05) is 6.54 Å². The second-order valence-electron chi connectivity index (χ2n) is 4.81. The normalized spacial score (nSPS) is 12.9. The molecule has 1 aromatic carbocycles. The van der Waals surface area contributed by atoms with E-state index in [2.05, 4.69) is 0 Å². The molecule has 1 aromatic rings. The zero-order chi connectivity index (χ0) is 13.3. The van der Waals surface area contributed by atoms with Gasteiger partial charge in [0.25, 0.3) is 0 Å². The maximum atomic E-state index is 12.8. The SMILES string of the molecule is CC(C)(CN)Cc1c(Cl)cccc1C(F)(F)F. The van der Waals surface area contributed by atoms with Crippen molar-refractivity contribution in [1.29, 1.82) is 0 Å². The van der Waals surface area contributed by atoms with Gasteiger partial charge in [-0.2, -0.15) is 13.2 Å². The van der Waals surface area contributed by atoms with E-state index in [-0.39, 0.29) is 17.0 Å². The maximum absolute atomic E-state index is 12.8. The van der Waals surface area contributed by atoms with Crippen LogP contribution in [0, 0.1) is 5.41 Å². The topological polar surface area (TPSA) is 26.0 Å². The first kappa shape index (κ1) is 14.3. The average Bonchev–Trinajstić information content (AvgIpc) is 2.19. The summed E-state index contributed by atoms with van der Waals surface area (Å²) < 4.78 is 38.5. The van der Waals surface area contributed by atoms with Gasteiger partial charge in [0.15, 0.2) is 0 Å². The summed E-state index contributed by atoms with van der Waals surface area (Å²) in [5.41, 5.74) is 4.58. The molecule has 0 aromatic heterocycles. The lowest BCUT2D eigenvalue weighted by molar-refractivity contribution is -0.138. The first-order chi connectivity index (χ1) is 7.67. The Labute approximate surface area is 104 Å². The summed E-state index contributed by atoms with van der Waals surface area (Å²) in [4.78, 5) is 0. The van der Waals surface area contributed by atoms with Crippen LogP contribution in [-0.2, 0) is 12.6 Å². The van der Waals surface area contributed by atoms with Crippen molar-refractivity contribution in [2.24, 2.45) is 11.1 Å². The molecule has 0 unspecified atom stereocenters. The van der Waals surface area contributed by atoms with E-state index in [9.17, 15) is 13.2 Å². The predicted molar refractivity (Wildman–Crippen MR) is 63.0 cm³/mol. The quantitative estimate of drug-likeness (QED) is 0.882. The molecule has 0 bridgehead atoms. The highest BCUT2D eigenvalue weighted by atomic mass is 35.5. The second kappa shape index (κ2) is 4.86. The van der Waals surface area contributed by atoms with Crippen molar-refractivity contribution in [2.45, 2.75) is 26.4 Å². The van der Waals surface area contributed by atoms with Gasteiger partial charge in [-0.15, -0.1) is 0 Å². The number of hydrogen-bond acceptors (Lipinski definition) is 1. The van der Waals surface area contributed by atoms with Crippen LogP contribution in [0.5, 0.6) is 0 Å². The molecule has 5 heteroatoms. The molecule has 0 atom stereocenters. The number of nitrogens with two attached hydrogens (primary N) is 1. The molecule has 0 heterocycles. The van der Waals surface area contributed by atoms with Crippen molar-refractivity contribution in [3.8, 4) is 0 Å². The Kier molecular flexibility index (Phi) is 4.10. The van der Waals surface area contributed by atoms with Crippen molar-refractivity contribution in [3.63, 3.8) is 0 Å². The highest BCUT2D eigenvalue weighted by Gasteiger charge is 2.35. The first-order valence-corrected chi connectivity index (χ1v) is 5.60. The third kappa shape index (κ3) is 3.61. The molecular weight excluding hydrogens is 251 g/mol. The summed E-state index contributed by atoms with van der Waals surface area (Å²) in [6.45, 7) is 3.93. The molecule has 2 N–H and O–H groups in total. The highest BCUT2D eigenvalue weighted by Crippen LogP contribution is 2.37. The Morgan fingerprint density at radius 2 is 1.82 bits per heavy atom. The Morgan fingerprint density at radius 1 is 1.24 bits per heavy atom. The summed E-state index contributed by atoms with van der Waals surface area (Å²) in [6, 6.07) is 3.83. The van der Waals surface area contributed by atoms with Gasteiger partial charge in [-0.05, 0) is 36.1 Å². The van der Waals surface area contributed by atoms with Crippen LogP contribution in [0.1, 0.15) is 25.0 Å². The zero-order valence-electron chi connectivity index (χ0n) is 9.74. The van der Waals surface area contributed by atoms with Crippen LogP contribution >= 0.6 is 11.6 Å². The van der Waals surface area contributed by atoms with E-state index >= 15 is 0 Å². The molecule has 17 heavy (non-hydrogen) atoms. The number of rotatable bonds is 3. The number of benzene rings is 1. The van der Waals surface area contributed by atoms with Crippen LogP contribution in [0.15, 0.2) is 18.2 Å². The molecule has 0 aliphatic heterocycles. The molecular formula is C12H15ClF3N. The van der Waals surface area contributed by atoms with Crippen LogP contribution in [0.2, 0.25) is 5.02 Å². The molecule has 1 rings (SSSR count). The first-order valence-electron chi connectivity index (χ1n) is 5.22. The Balaban J connectivity index is 3.22. The fourth-order valence-corrected chi connectivity index (χ4v) is 1.80. The fourth-order valence-electron chi connectivity index (χ4n) is 1.55. The minimum atomic E-state index is -4.38. The van der Waals surface area contributed by atoms with Gasteiger partial charge >= 0.3 is 6.18 Å². The Bertz CT molecular complexity index is 399. The van der Waals surface area contributed by atoms with Gasteiger partial charge in [-0.1, -0.05) is 31.5 Å². The maximum Gasteiger partial charge on any atom is 0.416 e. The minimum Gasteiger partial charge on any atom is -0.330 e.